The van der Waals surface area contributed by atoms with Gasteiger partial charge in [0.1, 0.15) is 0 Å². The van der Waals surface area contributed by atoms with Crippen LogP contribution in [0.5, 0.6) is 0 Å². The fourth-order valence-electron chi connectivity index (χ4n) is 3.07. The zero-order chi connectivity index (χ0) is 14.7. The van der Waals surface area contributed by atoms with Crippen molar-refractivity contribution in [2.45, 2.75) is 30.7 Å². The van der Waals surface area contributed by atoms with Gasteiger partial charge in [0.15, 0.2) is 0 Å². The normalized spacial score (nSPS) is 22.2. The highest BCUT2D eigenvalue weighted by molar-refractivity contribution is 8.27. The average Bonchev–Trinajstić information content (AvgIpc) is 2.81. The summed E-state index contributed by atoms with van der Waals surface area (Å²) in [5, 5.41) is 5.00. The van der Waals surface area contributed by atoms with Crippen LogP contribution in [0.2, 0.25) is 0 Å². The number of piperidine rings is 1. The predicted octanol–water partition coefficient (Wildman–Crippen LogP) is 3.36. The first kappa shape index (κ1) is 15.1. The molecule has 0 atom stereocenters. The number of fused-ring (bicyclic) bond motifs is 1. The van der Waals surface area contributed by atoms with Gasteiger partial charge >= 0.3 is 0 Å². The van der Waals surface area contributed by atoms with Gasteiger partial charge in [-0.1, -0.05) is 18.6 Å². The van der Waals surface area contributed by atoms with Gasteiger partial charge in [-0.05, 0) is 43.6 Å². The summed E-state index contributed by atoms with van der Waals surface area (Å²) >= 11 is 0. The third kappa shape index (κ3) is 3.49. The van der Waals surface area contributed by atoms with Crippen LogP contribution in [0.3, 0.4) is 0 Å². The molecule has 0 unspecified atom stereocenters. The van der Waals surface area contributed by atoms with Crippen LogP contribution >= 0.6 is 10.6 Å². The maximum Gasteiger partial charge on any atom is 0.0706 e. The summed E-state index contributed by atoms with van der Waals surface area (Å²) in [7, 11) is -2.69. The highest BCUT2D eigenvalue weighted by atomic mass is 32.3. The fourth-order valence-corrected chi connectivity index (χ4v) is 4.35. The van der Waals surface area contributed by atoms with Gasteiger partial charge in [0.25, 0.3) is 0 Å². The van der Waals surface area contributed by atoms with Crippen LogP contribution in [0.1, 0.15) is 30.4 Å². The second-order valence-electron chi connectivity index (χ2n) is 5.80. The third-order valence-corrected chi connectivity index (χ3v) is 5.79. The molecule has 21 heavy (non-hydrogen) atoms. The SMILES string of the molecule is OS1(O)C=Cc2c(CNCCN3CCCCC3)cccc21. The molecule has 1 fully saturated rings. The van der Waals surface area contributed by atoms with E-state index in [4.69, 9.17) is 0 Å². The van der Waals surface area contributed by atoms with Gasteiger partial charge < -0.3 is 10.2 Å². The number of hydrogen-bond donors (Lipinski definition) is 3. The lowest BCUT2D eigenvalue weighted by Crippen LogP contribution is -2.35. The van der Waals surface area contributed by atoms with Gasteiger partial charge in [0, 0.05) is 30.6 Å². The Morgan fingerprint density at radius 1 is 1.14 bits per heavy atom. The van der Waals surface area contributed by atoms with E-state index in [2.05, 4.69) is 16.3 Å². The van der Waals surface area contributed by atoms with Gasteiger partial charge in [0.05, 0.1) is 4.90 Å². The Kier molecular flexibility index (Phi) is 4.66. The van der Waals surface area contributed by atoms with Crippen LogP contribution in [0.4, 0.5) is 0 Å². The smallest absolute Gasteiger partial charge is 0.0706 e. The second-order valence-corrected chi connectivity index (χ2v) is 7.70. The molecule has 116 valence electrons. The predicted molar refractivity (Wildman–Crippen MR) is 88.6 cm³/mol. The molecule has 0 spiro atoms. The first-order chi connectivity index (χ1) is 10.2. The molecule has 2 aliphatic rings. The molecule has 1 aromatic rings. The zero-order valence-electron chi connectivity index (χ0n) is 12.3. The number of hydrogen-bond acceptors (Lipinski definition) is 4. The monoisotopic (exact) mass is 308 g/mol. The molecule has 0 amide bonds. The summed E-state index contributed by atoms with van der Waals surface area (Å²) < 4.78 is 19.9. The van der Waals surface area contributed by atoms with Crippen molar-refractivity contribution in [1.82, 2.24) is 10.2 Å². The molecule has 0 aliphatic carbocycles. The minimum Gasteiger partial charge on any atom is -0.311 e. The first-order valence-electron chi connectivity index (χ1n) is 7.68. The molecule has 1 aromatic carbocycles. The molecule has 0 aromatic heterocycles. The molecular formula is C16H24N2O2S. The summed E-state index contributed by atoms with van der Waals surface area (Å²) in [6.07, 6.45) is 5.87. The van der Waals surface area contributed by atoms with E-state index >= 15 is 0 Å². The lowest BCUT2D eigenvalue weighted by Gasteiger charge is -2.27. The van der Waals surface area contributed by atoms with E-state index in [1.165, 1.54) is 37.8 Å². The Bertz CT molecular complexity index is 525. The zero-order valence-corrected chi connectivity index (χ0v) is 13.1. The molecule has 3 N–H and O–H groups in total. The van der Waals surface area contributed by atoms with Crippen molar-refractivity contribution in [3.8, 4) is 0 Å². The Labute approximate surface area is 128 Å². The number of rotatable bonds is 5. The Morgan fingerprint density at radius 2 is 1.95 bits per heavy atom. The summed E-state index contributed by atoms with van der Waals surface area (Å²) in [6, 6.07) is 5.77. The van der Waals surface area contributed by atoms with E-state index in [-0.39, 0.29) is 0 Å². The number of nitrogens with one attached hydrogen (secondary N) is 1. The van der Waals surface area contributed by atoms with E-state index in [1.807, 2.05) is 18.2 Å². The van der Waals surface area contributed by atoms with Crippen LogP contribution in [0.15, 0.2) is 28.5 Å². The lowest BCUT2D eigenvalue weighted by molar-refractivity contribution is 0.229. The largest absolute Gasteiger partial charge is 0.311 e. The molecule has 0 saturated carbocycles. The highest BCUT2D eigenvalue weighted by Gasteiger charge is 2.22. The van der Waals surface area contributed by atoms with Crippen molar-refractivity contribution in [2.24, 2.45) is 0 Å². The van der Waals surface area contributed by atoms with Gasteiger partial charge in [-0.2, -0.15) is 0 Å². The Hall–Kier alpha value is -0.850. The van der Waals surface area contributed by atoms with E-state index in [9.17, 15) is 9.11 Å². The Morgan fingerprint density at radius 3 is 2.76 bits per heavy atom. The standard InChI is InChI=1S/C16H24N2O2S/c19-21(20)12-7-15-14(5-4-6-16(15)21)13-17-8-11-18-9-2-1-3-10-18/h4-7,12,17,19-20H,1-3,8-11,13H2. The average molecular weight is 308 g/mol. The van der Waals surface area contributed by atoms with E-state index in [1.54, 1.807) is 0 Å². The molecule has 0 bridgehead atoms. The van der Waals surface area contributed by atoms with Crippen molar-refractivity contribution >= 4 is 16.7 Å². The van der Waals surface area contributed by atoms with Gasteiger partial charge in [0.2, 0.25) is 0 Å². The van der Waals surface area contributed by atoms with E-state index < -0.39 is 10.6 Å². The lowest BCUT2D eigenvalue weighted by atomic mass is 10.1. The van der Waals surface area contributed by atoms with Crippen molar-refractivity contribution in [3.63, 3.8) is 0 Å². The van der Waals surface area contributed by atoms with Crippen molar-refractivity contribution in [2.75, 3.05) is 26.2 Å². The molecule has 4 nitrogen and oxygen atoms in total. The topological polar surface area (TPSA) is 55.7 Å². The fraction of sp³-hybridized carbons (Fsp3) is 0.500. The summed E-state index contributed by atoms with van der Waals surface area (Å²) in [6.45, 7) is 5.30. The van der Waals surface area contributed by atoms with Gasteiger partial charge in [-0.3, -0.25) is 9.11 Å². The number of nitrogens with zero attached hydrogens (tertiary/aromatic N) is 1. The van der Waals surface area contributed by atoms with E-state index in [0.29, 0.717) is 4.90 Å². The molecule has 0 radical (unpaired) electrons. The van der Waals surface area contributed by atoms with Crippen molar-refractivity contribution in [3.05, 3.63) is 34.7 Å². The molecule has 1 saturated heterocycles. The van der Waals surface area contributed by atoms with Crippen LogP contribution in [-0.2, 0) is 6.54 Å². The maximum atomic E-state index is 9.94. The van der Waals surface area contributed by atoms with E-state index in [0.717, 1.165) is 30.8 Å². The molecule has 2 heterocycles. The maximum absolute atomic E-state index is 9.94. The molecule has 2 aliphatic heterocycles. The van der Waals surface area contributed by atoms with Gasteiger partial charge in [-0.15, -0.1) is 10.6 Å². The summed E-state index contributed by atoms with van der Waals surface area (Å²) in [5.41, 5.74) is 2.11. The van der Waals surface area contributed by atoms with Gasteiger partial charge in [-0.25, -0.2) is 0 Å². The number of benzene rings is 1. The van der Waals surface area contributed by atoms with Crippen molar-refractivity contribution in [1.29, 1.82) is 0 Å². The minimum atomic E-state index is -2.69. The summed E-state index contributed by atoms with van der Waals surface area (Å²) in [4.78, 5) is 3.18. The molecule has 3 rings (SSSR count). The third-order valence-electron chi connectivity index (χ3n) is 4.27. The van der Waals surface area contributed by atoms with Crippen LogP contribution < -0.4 is 5.32 Å². The van der Waals surface area contributed by atoms with Crippen LogP contribution in [0.25, 0.3) is 6.08 Å². The minimum absolute atomic E-state index is 0.665. The quantitative estimate of drug-likeness (QED) is 0.730. The summed E-state index contributed by atoms with van der Waals surface area (Å²) in [5.74, 6) is 0. The van der Waals surface area contributed by atoms with Crippen molar-refractivity contribution < 1.29 is 9.11 Å². The second kappa shape index (κ2) is 6.50. The van der Waals surface area contributed by atoms with Crippen LogP contribution in [-0.4, -0.2) is 40.2 Å². The van der Waals surface area contributed by atoms with Crippen LogP contribution in [0, 0.1) is 0 Å². The molecular weight excluding hydrogens is 284 g/mol. The molecule has 5 heteroatoms. The highest BCUT2D eigenvalue weighted by Crippen LogP contribution is 2.56. The number of likely N-dealkylation sites (tertiary alicyclic amines) is 1. The first-order valence-corrected chi connectivity index (χ1v) is 9.29. The Balaban J connectivity index is 1.52.